The molecular weight excluding hydrogens is 450 g/mol. The maximum absolute atomic E-state index is 12.9. The third-order valence-electron chi connectivity index (χ3n) is 5.87. The lowest BCUT2D eigenvalue weighted by molar-refractivity contribution is 0.0990. The Labute approximate surface area is 189 Å². The number of para-hydroxylation sites is 1. The molecule has 0 bridgehead atoms. The number of rotatable bonds is 4. The highest BCUT2D eigenvalue weighted by Gasteiger charge is 2.32. The van der Waals surface area contributed by atoms with Crippen LogP contribution in [0.3, 0.4) is 0 Å². The maximum atomic E-state index is 12.9. The molecule has 3 aromatic carbocycles. The van der Waals surface area contributed by atoms with Gasteiger partial charge in [-0.15, -0.1) is 0 Å². The van der Waals surface area contributed by atoms with Crippen LogP contribution in [0.25, 0.3) is 17.0 Å². The Morgan fingerprint density at radius 3 is 2.19 bits per heavy atom. The quantitative estimate of drug-likeness (QED) is 0.253. The summed E-state index contributed by atoms with van der Waals surface area (Å²) in [7, 11) is 0. The molecule has 0 fully saturated rings. The Morgan fingerprint density at radius 1 is 0.871 bits per heavy atom. The lowest BCUT2D eigenvalue weighted by atomic mass is 10.0. The van der Waals surface area contributed by atoms with Gasteiger partial charge in [0.2, 0.25) is 0 Å². The van der Waals surface area contributed by atoms with E-state index in [9.17, 15) is 9.59 Å². The molecule has 0 saturated heterocycles. The molecule has 0 N–H and O–H groups in total. The molecule has 31 heavy (non-hydrogen) atoms. The summed E-state index contributed by atoms with van der Waals surface area (Å²) in [6.45, 7) is 2.86. The van der Waals surface area contributed by atoms with E-state index in [2.05, 4.69) is 57.9 Å². The molecule has 1 aliphatic carbocycles. The second kappa shape index (κ2) is 7.78. The molecule has 5 rings (SSSR count). The van der Waals surface area contributed by atoms with Gasteiger partial charge >= 0.3 is 0 Å². The van der Waals surface area contributed by atoms with Gasteiger partial charge in [0, 0.05) is 39.3 Å². The summed E-state index contributed by atoms with van der Waals surface area (Å²) in [5.41, 5.74) is 5.70. The number of nitrogens with zero attached hydrogens (tertiary/aromatic N) is 1. The number of halogens is 1. The molecule has 4 heteroatoms. The summed E-state index contributed by atoms with van der Waals surface area (Å²) >= 11 is 3.49. The number of Topliss-reactive ketones (excluding diaryl/α,β-unsaturated/α-hetero) is 2. The normalized spacial score (nSPS) is 13.2. The highest BCUT2D eigenvalue weighted by atomic mass is 79.9. The van der Waals surface area contributed by atoms with Crippen LogP contribution >= 0.6 is 15.9 Å². The van der Waals surface area contributed by atoms with Crippen LogP contribution in [0, 0.1) is 0 Å². The summed E-state index contributed by atoms with van der Waals surface area (Å²) in [6, 6.07) is 21.6. The zero-order valence-electron chi connectivity index (χ0n) is 17.1. The largest absolute Gasteiger partial charge is 0.342 e. The summed E-state index contributed by atoms with van der Waals surface area (Å²) in [5, 5.41) is 1.06. The minimum atomic E-state index is -0.193. The van der Waals surface area contributed by atoms with E-state index in [1.807, 2.05) is 18.2 Å². The van der Waals surface area contributed by atoms with Crippen molar-refractivity contribution in [2.75, 3.05) is 0 Å². The minimum Gasteiger partial charge on any atom is -0.342 e. The van der Waals surface area contributed by atoms with Crippen molar-refractivity contribution in [1.29, 1.82) is 0 Å². The van der Waals surface area contributed by atoms with Crippen LogP contribution in [0.5, 0.6) is 0 Å². The van der Waals surface area contributed by atoms with Crippen LogP contribution in [0.2, 0.25) is 0 Å². The van der Waals surface area contributed by atoms with Crippen LogP contribution in [-0.4, -0.2) is 16.1 Å². The van der Waals surface area contributed by atoms with Crippen molar-refractivity contribution >= 4 is 44.5 Å². The molecule has 4 aromatic rings. The average Bonchev–Trinajstić information content (AvgIpc) is 3.26. The Hall–Kier alpha value is -3.24. The van der Waals surface area contributed by atoms with Gasteiger partial charge in [0.1, 0.15) is 0 Å². The number of aryl methyl sites for hydroxylation is 1. The Kier molecular flexibility index (Phi) is 4.95. The summed E-state index contributed by atoms with van der Waals surface area (Å²) in [5.74, 6) is -0.387. The summed E-state index contributed by atoms with van der Waals surface area (Å²) < 4.78 is 3.27. The fourth-order valence-corrected chi connectivity index (χ4v) is 4.60. The molecule has 1 aromatic heterocycles. The van der Waals surface area contributed by atoms with E-state index in [1.165, 1.54) is 11.1 Å². The smallest absolute Gasteiger partial charge is 0.197 e. The van der Waals surface area contributed by atoms with Crippen molar-refractivity contribution in [2.24, 2.45) is 0 Å². The van der Waals surface area contributed by atoms with Crippen LogP contribution in [-0.2, 0) is 13.0 Å². The van der Waals surface area contributed by atoms with Crippen LogP contribution < -0.4 is 0 Å². The van der Waals surface area contributed by atoms with Crippen molar-refractivity contribution in [3.63, 3.8) is 0 Å². The molecule has 1 heterocycles. The molecule has 0 unspecified atom stereocenters. The van der Waals surface area contributed by atoms with E-state index in [-0.39, 0.29) is 17.1 Å². The van der Waals surface area contributed by atoms with E-state index in [1.54, 1.807) is 30.3 Å². The predicted octanol–water partition coefficient (Wildman–Crippen LogP) is 6.48. The van der Waals surface area contributed by atoms with Crippen molar-refractivity contribution in [3.8, 4) is 0 Å². The molecular formula is C27H20BrNO2. The molecule has 0 saturated carbocycles. The first kappa shape index (κ1) is 19.7. The van der Waals surface area contributed by atoms with Crippen molar-refractivity contribution in [2.45, 2.75) is 19.9 Å². The molecule has 0 radical (unpaired) electrons. The zero-order chi connectivity index (χ0) is 21.5. The van der Waals surface area contributed by atoms with Gasteiger partial charge in [0.25, 0.3) is 0 Å². The van der Waals surface area contributed by atoms with E-state index in [4.69, 9.17) is 0 Å². The third-order valence-corrected chi connectivity index (χ3v) is 6.39. The van der Waals surface area contributed by atoms with E-state index in [0.29, 0.717) is 17.7 Å². The number of aromatic nitrogens is 1. The average molecular weight is 470 g/mol. The van der Waals surface area contributed by atoms with Crippen LogP contribution in [0.1, 0.15) is 44.3 Å². The topological polar surface area (TPSA) is 39.1 Å². The summed E-state index contributed by atoms with van der Waals surface area (Å²) in [4.78, 5) is 25.8. The Bertz CT molecular complexity index is 1340. The van der Waals surface area contributed by atoms with E-state index in [0.717, 1.165) is 27.4 Å². The van der Waals surface area contributed by atoms with Gasteiger partial charge in [-0.2, -0.15) is 0 Å². The molecule has 0 aliphatic heterocycles. The van der Waals surface area contributed by atoms with Gasteiger partial charge in [0.15, 0.2) is 11.6 Å². The van der Waals surface area contributed by atoms with Crippen LogP contribution in [0.15, 0.2) is 83.0 Å². The van der Waals surface area contributed by atoms with Crippen LogP contribution in [0.4, 0.5) is 0 Å². The lowest BCUT2D eigenvalue weighted by Crippen LogP contribution is -2.00. The minimum absolute atomic E-state index is 0.193. The number of hydrogen-bond acceptors (Lipinski definition) is 2. The number of ketones is 2. The van der Waals surface area contributed by atoms with E-state index >= 15 is 0 Å². The standard InChI is InChI=1S/C27H20BrNO2/c1-2-18-6-5-9-21-19(14-24-26(30)22-7-3-4-8-23(22)27(24)31)16-29(25(18)21)15-17-10-12-20(28)13-11-17/h3-14,16H,2,15H2,1H3. The number of carbonyl (C=O) groups is 2. The molecule has 0 spiro atoms. The highest BCUT2D eigenvalue weighted by molar-refractivity contribution is 9.10. The zero-order valence-corrected chi connectivity index (χ0v) is 18.6. The van der Waals surface area contributed by atoms with Gasteiger partial charge in [-0.25, -0.2) is 0 Å². The van der Waals surface area contributed by atoms with Gasteiger partial charge in [0.05, 0.1) is 11.1 Å². The van der Waals surface area contributed by atoms with Crippen molar-refractivity contribution in [1.82, 2.24) is 4.57 Å². The maximum Gasteiger partial charge on any atom is 0.197 e. The second-order valence-electron chi connectivity index (χ2n) is 7.77. The first-order valence-electron chi connectivity index (χ1n) is 10.3. The molecule has 152 valence electrons. The SMILES string of the molecule is CCc1cccc2c(C=C3C(=O)c4ccccc4C3=O)cn(Cc3ccc(Br)cc3)c12. The lowest BCUT2D eigenvalue weighted by Gasteiger charge is -2.09. The number of fused-ring (bicyclic) bond motifs is 2. The van der Waals surface area contributed by atoms with Crippen molar-refractivity contribution < 1.29 is 9.59 Å². The first-order valence-corrected chi connectivity index (χ1v) is 11.1. The van der Waals surface area contributed by atoms with Gasteiger partial charge in [-0.1, -0.05) is 77.5 Å². The fourth-order valence-electron chi connectivity index (χ4n) is 4.34. The monoisotopic (exact) mass is 469 g/mol. The molecule has 0 atom stereocenters. The fraction of sp³-hybridized carbons (Fsp3) is 0.111. The number of allylic oxidation sites excluding steroid dienone is 1. The predicted molar refractivity (Wildman–Crippen MR) is 128 cm³/mol. The van der Waals surface area contributed by atoms with E-state index < -0.39 is 0 Å². The van der Waals surface area contributed by atoms with Crippen molar-refractivity contribution in [3.05, 3.63) is 111 Å². The van der Waals surface area contributed by atoms with Gasteiger partial charge < -0.3 is 4.57 Å². The molecule has 0 amide bonds. The molecule has 3 nitrogen and oxygen atoms in total. The molecule has 1 aliphatic rings. The highest BCUT2D eigenvalue weighted by Crippen LogP contribution is 2.32. The van der Waals surface area contributed by atoms with Gasteiger partial charge in [-0.3, -0.25) is 9.59 Å². The van der Waals surface area contributed by atoms with Gasteiger partial charge in [-0.05, 0) is 35.8 Å². The Balaban J connectivity index is 1.65. The number of hydrogen-bond donors (Lipinski definition) is 0. The number of carbonyl (C=O) groups excluding carboxylic acids is 2. The Morgan fingerprint density at radius 2 is 1.55 bits per heavy atom. The number of benzene rings is 3. The second-order valence-corrected chi connectivity index (χ2v) is 8.68. The third kappa shape index (κ3) is 3.37. The summed E-state index contributed by atoms with van der Waals surface area (Å²) in [6.07, 6.45) is 4.73. The first-order chi connectivity index (χ1) is 15.1.